The topological polar surface area (TPSA) is 59.9 Å². The van der Waals surface area contributed by atoms with Crippen molar-refractivity contribution in [2.45, 2.75) is 6.92 Å². The fraction of sp³-hybridized carbons (Fsp3) is 0.125. The number of rotatable bonds is 3. The molecule has 112 valence electrons. The van der Waals surface area contributed by atoms with E-state index in [0.29, 0.717) is 17.2 Å². The number of carbonyl (C=O) groups is 1. The van der Waals surface area contributed by atoms with E-state index in [1.54, 1.807) is 19.1 Å². The predicted octanol–water partition coefficient (Wildman–Crippen LogP) is 2.71. The highest BCUT2D eigenvalue weighted by Crippen LogP contribution is 2.32. The van der Waals surface area contributed by atoms with Gasteiger partial charge in [-0.2, -0.15) is 5.10 Å². The van der Waals surface area contributed by atoms with Crippen LogP contribution in [0.25, 0.3) is 0 Å². The van der Waals surface area contributed by atoms with E-state index >= 15 is 0 Å². The van der Waals surface area contributed by atoms with E-state index in [0.717, 1.165) is 11.6 Å². The van der Waals surface area contributed by atoms with Crippen LogP contribution in [0.4, 0.5) is 4.39 Å². The van der Waals surface area contributed by atoms with Crippen LogP contribution in [0.3, 0.4) is 0 Å². The number of fused-ring (bicyclic) bond motifs is 1. The fourth-order valence-corrected chi connectivity index (χ4v) is 2.02. The Morgan fingerprint density at radius 2 is 1.95 bits per heavy atom. The normalized spacial score (nSPS) is 13.1. The van der Waals surface area contributed by atoms with E-state index in [9.17, 15) is 9.18 Å². The van der Waals surface area contributed by atoms with Crippen molar-refractivity contribution in [2.24, 2.45) is 5.10 Å². The smallest absolute Gasteiger partial charge is 0.271 e. The standard InChI is InChI=1S/C16H13FN2O3/c1-10(11-5-6-14-15(8-11)22-9-21-14)18-19-16(20)12-3-2-4-13(17)7-12/h2-8H,9H2,1H3,(H,19,20). The van der Waals surface area contributed by atoms with Gasteiger partial charge in [-0.05, 0) is 43.3 Å². The molecular formula is C16H13FN2O3. The minimum Gasteiger partial charge on any atom is -0.454 e. The van der Waals surface area contributed by atoms with Gasteiger partial charge in [0.2, 0.25) is 6.79 Å². The van der Waals surface area contributed by atoms with Crippen molar-refractivity contribution in [1.82, 2.24) is 5.43 Å². The molecule has 1 aliphatic rings. The molecule has 0 atom stereocenters. The summed E-state index contributed by atoms with van der Waals surface area (Å²) in [5.74, 6) is 0.382. The number of hydrogen-bond acceptors (Lipinski definition) is 4. The van der Waals surface area contributed by atoms with Crippen molar-refractivity contribution in [3.63, 3.8) is 0 Å². The molecule has 0 saturated heterocycles. The number of benzene rings is 2. The molecule has 2 aromatic rings. The Balaban J connectivity index is 1.73. The molecule has 0 aromatic heterocycles. The molecule has 1 N–H and O–H groups in total. The number of nitrogens with zero attached hydrogens (tertiary/aromatic N) is 1. The number of ether oxygens (including phenoxy) is 2. The molecule has 1 aliphatic heterocycles. The van der Waals surface area contributed by atoms with E-state index in [1.807, 2.05) is 6.07 Å². The Morgan fingerprint density at radius 1 is 1.14 bits per heavy atom. The van der Waals surface area contributed by atoms with Crippen molar-refractivity contribution >= 4 is 11.6 Å². The van der Waals surface area contributed by atoms with Crippen LogP contribution in [-0.2, 0) is 0 Å². The predicted molar refractivity (Wildman–Crippen MR) is 78.6 cm³/mol. The van der Waals surface area contributed by atoms with Crippen LogP contribution in [0.5, 0.6) is 11.5 Å². The first-order chi connectivity index (χ1) is 10.6. The molecule has 2 aromatic carbocycles. The van der Waals surface area contributed by atoms with Gasteiger partial charge in [0.25, 0.3) is 5.91 Å². The van der Waals surface area contributed by atoms with E-state index in [-0.39, 0.29) is 12.4 Å². The lowest BCUT2D eigenvalue weighted by Crippen LogP contribution is -2.19. The number of hydrazone groups is 1. The van der Waals surface area contributed by atoms with E-state index in [4.69, 9.17) is 9.47 Å². The SMILES string of the molecule is CC(=NNC(=O)c1cccc(F)c1)c1ccc2c(c1)OCO2. The van der Waals surface area contributed by atoms with Crippen LogP contribution in [0.15, 0.2) is 47.6 Å². The number of amides is 1. The molecule has 0 spiro atoms. The summed E-state index contributed by atoms with van der Waals surface area (Å²) < 4.78 is 23.6. The maximum atomic E-state index is 13.1. The molecule has 0 saturated carbocycles. The highest BCUT2D eigenvalue weighted by Gasteiger charge is 2.14. The van der Waals surface area contributed by atoms with Crippen molar-refractivity contribution in [1.29, 1.82) is 0 Å². The van der Waals surface area contributed by atoms with Crippen LogP contribution < -0.4 is 14.9 Å². The van der Waals surface area contributed by atoms with Crippen LogP contribution in [0.1, 0.15) is 22.8 Å². The minimum atomic E-state index is -0.473. The third kappa shape index (κ3) is 2.90. The van der Waals surface area contributed by atoms with Gasteiger partial charge in [0.05, 0.1) is 5.71 Å². The maximum Gasteiger partial charge on any atom is 0.271 e. The van der Waals surface area contributed by atoms with Gasteiger partial charge in [-0.3, -0.25) is 4.79 Å². The second-order valence-electron chi connectivity index (χ2n) is 4.72. The first kappa shape index (κ1) is 14.1. The zero-order valence-electron chi connectivity index (χ0n) is 11.8. The quantitative estimate of drug-likeness (QED) is 0.700. The molecule has 0 fully saturated rings. The molecule has 5 nitrogen and oxygen atoms in total. The first-order valence-electron chi connectivity index (χ1n) is 6.64. The lowest BCUT2D eigenvalue weighted by atomic mass is 10.1. The molecule has 1 amide bonds. The van der Waals surface area contributed by atoms with Crippen LogP contribution >= 0.6 is 0 Å². The van der Waals surface area contributed by atoms with Crippen molar-refractivity contribution < 1.29 is 18.7 Å². The molecular weight excluding hydrogens is 287 g/mol. The lowest BCUT2D eigenvalue weighted by Gasteiger charge is -2.04. The fourth-order valence-electron chi connectivity index (χ4n) is 2.02. The van der Waals surface area contributed by atoms with Crippen molar-refractivity contribution in [3.8, 4) is 11.5 Å². The summed E-state index contributed by atoms with van der Waals surface area (Å²) in [5, 5.41) is 4.02. The number of carbonyl (C=O) groups excluding carboxylic acids is 1. The van der Waals surface area contributed by atoms with Gasteiger partial charge >= 0.3 is 0 Å². The summed E-state index contributed by atoms with van der Waals surface area (Å²) in [6.07, 6.45) is 0. The second-order valence-corrected chi connectivity index (χ2v) is 4.72. The summed E-state index contributed by atoms with van der Waals surface area (Å²) in [6, 6.07) is 10.8. The Bertz CT molecular complexity index is 759. The summed E-state index contributed by atoms with van der Waals surface area (Å²) in [6.45, 7) is 1.95. The third-order valence-corrected chi connectivity index (χ3v) is 3.20. The molecule has 22 heavy (non-hydrogen) atoms. The number of hydrogen-bond donors (Lipinski definition) is 1. The maximum absolute atomic E-state index is 13.1. The van der Waals surface area contributed by atoms with E-state index < -0.39 is 11.7 Å². The summed E-state index contributed by atoms with van der Waals surface area (Å²) in [7, 11) is 0. The molecule has 0 radical (unpaired) electrons. The highest BCUT2D eigenvalue weighted by atomic mass is 19.1. The molecule has 0 unspecified atom stereocenters. The zero-order chi connectivity index (χ0) is 15.5. The van der Waals surface area contributed by atoms with Gasteiger partial charge in [0.1, 0.15) is 5.82 Å². The van der Waals surface area contributed by atoms with Crippen molar-refractivity contribution in [2.75, 3.05) is 6.79 Å². The number of nitrogens with one attached hydrogen (secondary N) is 1. The first-order valence-corrected chi connectivity index (χ1v) is 6.64. The summed E-state index contributed by atoms with van der Waals surface area (Å²) in [5.41, 5.74) is 4.01. The monoisotopic (exact) mass is 300 g/mol. The van der Waals surface area contributed by atoms with Crippen LogP contribution in [-0.4, -0.2) is 18.4 Å². The van der Waals surface area contributed by atoms with Crippen LogP contribution in [0.2, 0.25) is 0 Å². The average Bonchev–Trinajstić information content (AvgIpc) is 2.99. The largest absolute Gasteiger partial charge is 0.454 e. The minimum absolute atomic E-state index is 0.200. The summed E-state index contributed by atoms with van der Waals surface area (Å²) >= 11 is 0. The van der Waals surface area contributed by atoms with E-state index in [2.05, 4.69) is 10.5 Å². The lowest BCUT2D eigenvalue weighted by molar-refractivity contribution is 0.0954. The molecule has 0 bridgehead atoms. The van der Waals surface area contributed by atoms with Gasteiger partial charge in [0, 0.05) is 11.1 Å². The Morgan fingerprint density at radius 3 is 2.77 bits per heavy atom. The molecule has 1 heterocycles. The van der Waals surface area contributed by atoms with E-state index in [1.165, 1.54) is 18.2 Å². The summed E-state index contributed by atoms with van der Waals surface area (Å²) in [4.78, 5) is 11.9. The van der Waals surface area contributed by atoms with Gasteiger partial charge < -0.3 is 9.47 Å². The third-order valence-electron chi connectivity index (χ3n) is 3.20. The Kier molecular flexibility index (Phi) is 3.74. The van der Waals surface area contributed by atoms with Gasteiger partial charge in [0.15, 0.2) is 11.5 Å². The van der Waals surface area contributed by atoms with Crippen LogP contribution in [0, 0.1) is 5.82 Å². The highest BCUT2D eigenvalue weighted by molar-refractivity contribution is 6.01. The van der Waals surface area contributed by atoms with Crippen molar-refractivity contribution in [3.05, 3.63) is 59.4 Å². The Labute approximate surface area is 126 Å². The average molecular weight is 300 g/mol. The number of halogens is 1. The Hall–Kier alpha value is -2.89. The zero-order valence-corrected chi connectivity index (χ0v) is 11.8. The molecule has 0 aliphatic carbocycles. The van der Waals surface area contributed by atoms with Gasteiger partial charge in [-0.1, -0.05) is 6.07 Å². The molecule has 6 heteroatoms. The van der Waals surface area contributed by atoms with Gasteiger partial charge in [-0.15, -0.1) is 0 Å². The van der Waals surface area contributed by atoms with Gasteiger partial charge in [-0.25, -0.2) is 9.82 Å². The second kappa shape index (κ2) is 5.85. The molecule has 3 rings (SSSR count).